The fourth-order valence-corrected chi connectivity index (χ4v) is 3.40. The monoisotopic (exact) mass is 345 g/mol. The Labute approximate surface area is 152 Å². The lowest BCUT2D eigenvalue weighted by Gasteiger charge is -2.15. The Morgan fingerprint density at radius 1 is 1.04 bits per heavy atom. The largest absolute Gasteiger partial charge is 0.497 e. The van der Waals surface area contributed by atoms with Crippen LogP contribution in [-0.4, -0.2) is 27.9 Å². The van der Waals surface area contributed by atoms with Crippen LogP contribution in [0.2, 0.25) is 0 Å². The van der Waals surface area contributed by atoms with Crippen molar-refractivity contribution < 1.29 is 9.53 Å². The number of methoxy groups -OCH3 is 1. The molecule has 0 saturated heterocycles. The van der Waals surface area contributed by atoms with Gasteiger partial charge in [0.2, 0.25) is 0 Å². The first kappa shape index (κ1) is 16.3. The average Bonchev–Trinajstić information content (AvgIpc) is 2.98. The fourth-order valence-electron chi connectivity index (χ4n) is 3.40. The molecule has 0 fully saturated rings. The number of amides is 1. The molecule has 4 rings (SSSR count). The van der Waals surface area contributed by atoms with E-state index in [1.54, 1.807) is 25.6 Å². The second-order valence-electron chi connectivity index (χ2n) is 6.32. The van der Waals surface area contributed by atoms with Crippen LogP contribution < -0.4 is 4.74 Å². The van der Waals surface area contributed by atoms with Gasteiger partial charge in [0.25, 0.3) is 5.91 Å². The highest BCUT2D eigenvalue weighted by molar-refractivity contribution is 6.00. The van der Waals surface area contributed by atoms with E-state index in [0.29, 0.717) is 13.1 Å². The van der Waals surface area contributed by atoms with Crippen molar-refractivity contribution in [2.24, 2.45) is 0 Å². The lowest BCUT2D eigenvalue weighted by atomic mass is 9.96. The second-order valence-corrected chi connectivity index (χ2v) is 6.32. The van der Waals surface area contributed by atoms with E-state index in [4.69, 9.17) is 4.74 Å². The Morgan fingerprint density at radius 2 is 1.85 bits per heavy atom. The first-order valence-electron chi connectivity index (χ1n) is 8.49. The third-order valence-electron chi connectivity index (χ3n) is 4.72. The zero-order chi connectivity index (χ0) is 18.1. The van der Waals surface area contributed by atoms with E-state index in [1.165, 1.54) is 0 Å². The number of carbonyl (C=O) groups is 1. The number of nitrogens with zero attached hydrogens (tertiary/aromatic N) is 3. The zero-order valence-corrected chi connectivity index (χ0v) is 14.8. The zero-order valence-electron chi connectivity index (χ0n) is 14.8. The summed E-state index contributed by atoms with van der Waals surface area (Å²) in [5.41, 5.74) is 5.72. The maximum Gasteiger partial charge on any atom is 0.254 e. The molecule has 3 heterocycles. The van der Waals surface area contributed by atoms with Gasteiger partial charge in [0.05, 0.1) is 19.3 Å². The standard InChI is InChI=1S/C21H19N3O2/c1-14-17(7-4-9-22-14)18-5-3-6-19-20(18)13-24(21(19)25)12-15-11-16(26-2)8-10-23-15/h3-11H,12-13H2,1-2H3. The van der Waals surface area contributed by atoms with E-state index >= 15 is 0 Å². The number of aromatic nitrogens is 2. The summed E-state index contributed by atoms with van der Waals surface area (Å²) < 4.78 is 5.25. The van der Waals surface area contributed by atoms with Gasteiger partial charge in [-0.15, -0.1) is 0 Å². The van der Waals surface area contributed by atoms with Crippen LogP contribution in [0.4, 0.5) is 0 Å². The second kappa shape index (κ2) is 6.59. The van der Waals surface area contributed by atoms with E-state index < -0.39 is 0 Å². The molecule has 0 aliphatic carbocycles. The molecule has 0 saturated carbocycles. The lowest BCUT2D eigenvalue weighted by molar-refractivity contribution is 0.0764. The molecule has 1 aliphatic rings. The molecular formula is C21H19N3O2. The summed E-state index contributed by atoms with van der Waals surface area (Å²) in [6, 6.07) is 13.5. The van der Waals surface area contributed by atoms with Crippen LogP contribution in [0.15, 0.2) is 54.9 Å². The molecule has 5 heteroatoms. The number of hydrogen-bond donors (Lipinski definition) is 0. The summed E-state index contributed by atoms with van der Waals surface area (Å²) in [5.74, 6) is 0.777. The van der Waals surface area contributed by atoms with Crippen LogP contribution in [0.5, 0.6) is 5.75 Å². The van der Waals surface area contributed by atoms with Crippen molar-refractivity contribution in [1.82, 2.24) is 14.9 Å². The number of carbonyl (C=O) groups excluding carboxylic acids is 1. The average molecular weight is 345 g/mol. The van der Waals surface area contributed by atoms with Crippen molar-refractivity contribution in [1.29, 1.82) is 0 Å². The Balaban J connectivity index is 1.67. The summed E-state index contributed by atoms with van der Waals surface area (Å²) in [5, 5.41) is 0. The molecule has 0 radical (unpaired) electrons. The van der Waals surface area contributed by atoms with Crippen molar-refractivity contribution >= 4 is 5.91 Å². The van der Waals surface area contributed by atoms with Gasteiger partial charge in [-0.25, -0.2) is 0 Å². The minimum absolute atomic E-state index is 0.0352. The highest BCUT2D eigenvalue weighted by Crippen LogP contribution is 2.34. The van der Waals surface area contributed by atoms with Gasteiger partial charge >= 0.3 is 0 Å². The number of ether oxygens (including phenoxy) is 1. The predicted molar refractivity (Wildman–Crippen MR) is 98.8 cm³/mol. The summed E-state index contributed by atoms with van der Waals surface area (Å²) in [6.07, 6.45) is 3.49. The van der Waals surface area contributed by atoms with E-state index in [-0.39, 0.29) is 5.91 Å². The topological polar surface area (TPSA) is 55.3 Å². The first-order valence-corrected chi connectivity index (χ1v) is 8.49. The summed E-state index contributed by atoms with van der Waals surface area (Å²) in [7, 11) is 1.62. The number of benzene rings is 1. The van der Waals surface area contributed by atoms with E-state index in [2.05, 4.69) is 22.1 Å². The third-order valence-corrected chi connectivity index (χ3v) is 4.72. The fraction of sp³-hybridized carbons (Fsp3) is 0.190. The van der Waals surface area contributed by atoms with Gasteiger partial charge in [0, 0.05) is 41.8 Å². The molecule has 1 aliphatic heterocycles. The minimum atomic E-state index is 0.0352. The van der Waals surface area contributed by atoms with Crippen LogP contribution in [0, 0.1) is 6.92 Å². The van der Waals surface area contributed by atoms with Crippen molar-refractivity contribution in [3.63, 3.8) is 0 Å². The van der Waals surface area contributed by atoms with E-state index in [9.17, 15) is 4.79 Å². The van der Waals surface area contributed by atoms with Gasteiger partial charge in [-0.1, -0.05) is 18.2 Å². The molecule has 1 amide bonds. The Kier molecular flexibility index (Phi) is 4.13. The van der Waals surface area contributed by atoms with Crippen LogP contribution in [0.1, 0.15) is 27.3 Å². The molecule has 1 aromatic carbocycles. The molecule has 0 N–H and O–H groups in total. The van der Waals surface area contributed by atoms with E-state index in [1.807, 2.05) is 36.1 Å². The molecular weight excluding hydrogens is 326 g/mol. The normalized spacial score (nSPS) is 13.0. The summed E-state index contributed by atoms with van der Waals surface area (Å²) >= 11 is 0. The van der Waals surface area contributed by atoms with Crippen LogP contribution in [-0.2, 0) is 13.1 Å². The van der Waals surface area contributed by atoms with E-state index in [0.717, 1.165) is 39.4 Å². The smallest absolute Gasteiger partial charge is 0.254 e. The molecule has 26 heavy (non-hydrogen) atoms. The highest BCUT2D eigenvalue weighted by atomic mass is 16.5. The number of aryl methyl sites for hydroxylation is 1. The molecule has 2 aromatic heterocycles. The van der Waals surface area contributed by atoms with Crippen molar-refractivity contribution in [3.8, 4) is 16.9 Å². The van der Waals surface area contributed by atoms with Gasteiger partial charge < -0.3 is 9.64 Å². The summed E-state index contributed by atoms with van der Waals surface area (Å²) in [6.45, 7) is 3.01. The lowest BCUT2D eigenvalue weighted by Crippen LogP contribution is -2.23. The highest BCUT2D eigenvalue weighted by Gasteiger charge is 2.30. The van der Waals surface area contributed by atoms with Gasteiger partial charge in [0.1, 0.15) is 5.75 Å². The molecule has 0 atom stereocenters. The van der Waals surface area contributed by atoms with Crippen molar-refractivity contribution in [3.05, 3.63) is 77.4 Å². The molecule has 130 valence electrons. The molecule has 0 bridgehead atoms. The molecule has 3 aromatic rings. The van der Waals surface area contributed by atoms with Crippen molar-refractivity contribution in [2.45, 2.75) is 20.0 Å². The Morgan fingerprint density at radius 3 is 2.65 bits per heavy atom. The third kappa shape index (κ3) is 2.81. The molecule has 0 unspecified atom stereocenters. The number of rotatable bonds is 4. The maximum atomic E-state index is 12.9. The van der Waals surface area contributed by atoms with Crippen LogP contribution in [0.25, 0.3) is 11.1 Å². The predicted octanol–water partition coefficient (Wildman–Crippen LogP) is 3.62. The minimum Gasteiger partial charge on any atom is -0.497 e. The van der Waals surface area contributed by atoms with Gasteiger partial charge in [-0.05, 0) is 36.2 Å². The molecule has 0 spiro atoms. The number of pyridine rings is 2. The number of fused-ring (bicyclic) bond motifs is 1. The first-order chi connectivity index (χ1) is 12.7. The summed E-state index contributed by atoms with van der Waals surface area (Å²) in [4.78, 5) is 23.4. The molecule has 5 nitrogen and oxygen atoms in total. The van der Waals surface area contributed by atoms with Gasteiger partial charge in [-0.2, -0.15) is 0 Å². The van der Waals surface area contributed by atoms with Gasteiger partial charge in [-0.3, -0.25) is 14.8 Å². The van der Waals surface area contributed by atoms with Crippen molar-refractivity contribution in [2.75, 3.05) is 7.11 Å². The Bertz CT molecular complexity index is 984. The van der Waals surface area contributed by atoms with Crippen LogP contribution in [0.3, 0.4) is 0 Å². The SMILES string of the molecule is COc1ccnc(CN2Cc3c(cccc3-c3cccnc3C)C2=O)c1. The number of hydrogen-bond acceptors (Lipinski definition) is 4. The quantitative estimate of drug-likeness (QED) is 0.725. The van der Waals surface area contributed by atoms with Gasteiger partial charge in [0.15, 0.2) is 0 Å². The Hall–Kier alpha value is -3.21. The van der Waals surface area contributed by atoms with Crippen LogP contribution >= 0.6 is 0 Å². The maximum absolute atomic E-state index is 12.9.